The zero-order valence-corrected chi connectivity index (χ0v) is 15.1. The average molecular weight is 353 g/mol. The van der Waals surface area contributed by atoms with Crippen LogP contribution < -0.4 is 10.6 Å². The molecule has 0 saturated heterocycles. The van der Waals surface area contributed by atoms with E-state index in [0.717, 1.165) is 53.7 Å². The second-order valence-electron chi connectivity index (χ2n) is 6.83. The second kappa shape index (κ2) is 6.82. The van der Waals surface area contributed by atoms with Gasteiger partial charge in [-0.2, -0.15) is 0 Å². The molecule has 1 atom stereocenters. The number of nitrogens with zero attached hydrogens (tertiary/aromatic N) is 3. The lowest BCUT2D eigenvalue weighted by Crippen LogP contribution is -2.45. The van der Waals surface area contributed by atoms with Gasteiger partial charge in [0.1, 0.15) is 11.3 Å². The van der Waals surface area contributed by atoms with Gasteiger partial charge in [-0.3, -0.25) is 4.68 Å². The summed E-state index contributed by atoms with van der Waals surface area (Å²) in [5, 5.41) is 15.4. The minimum absolute atomic E-state index is 0.107. The minimum atomic E-state index is -0.132. The molecule has 0 fully saturated rings. The summed E-state index contributed by atoms with van der Waals surface area (Å²) in [5.41, 5.74) is 4.21. The summed E-state index contributed by atoms with van der Waals surface area (Å²) in [6, 6.07) is 7.97. The van der Waals surface area contributed by atoms with Gasteiger partial charge in [-0.1, -0.05) is 23.4 Å². The number of hydrogen-bond donors (Lipinski definition) is 2. The van der Waals surface area contributed by atoms with Crippen LogP contribution in [0.25, 0.3) is 11.0 Å². The van der Waals surface area contributed by atoms with Crippen LogP contribution in [-0.2, 0) is 26.3 Å². The van der Waals surface area contributed by atoms with E-state index in [1.807, 2.05) is 36.9 Å². The highest BCUT2D eigenvalue weighted by Crippen LogP contribution is 2.25. The van der Waals surface area contributed by atoms with Crippen LogP contribution in [0.15, 0.2) is 28.7 Å². The van der Waals surface area contributed by atoms with Crippen molar-refractivity contribution in [3.63, 3.8) is 0 Å². The second-order valence-corrected chi connectivity index (χ2v) is 6.83. The van der Waals surface area contributed by atoms with Crippen molar-refractivity contribution in [1.82, 2.24) is 25.6 Å². The molecule has 4 rings (SSSR count). The first-order valence-electron chi connectivity index (χ1n) is 9.00. The third-order valence-electron chi connectivity index (χ3n) is 5.09. The largest absolute Gasteiger partial charge is 0.461 e. The van der Waals surface area contributed by atoms with Gasteiger partial charge < -0.3 is 15.1 Å². The summed E-state index contributed by atoms with van der Waals surface area (Å²) in [7, 11) is 1.91. The number of para-hydroxylation sites is 1. The Labute approximate surface area is 151 Å². The first kappa shape index (κ1) is 16.6. The Bertz CT molecular complexity index is 943. The first-order chi connectivity index (χ1) is 12.6. The Kier molecular flexibility index (Phi) is 4.36. The highest BCUT2D eigenvalue weighted by molar-refractivity contribution is 5.82. The SMILES string of the molecule is Cc1oc2ccccc2c1CCNC(=O)NC1CCc2c(nnn2C)C1. The van der Waals surface area contributed by atoms with Gasteiger partial charge >= 0.3 is 6.03 Å². The maximum Gasteiger partial charge on any atom is 0.315 e. The number of carbonyl (C=O) groups is 1. The van der Waals surface area contributed by atoms with Crippen molar-refractivity contribution in [3.8, 4) is 0 Å². The van der Waals surface area contributed by atoms with Gasteiger partial charge in [0, 0.05) is 37.0 Å². The summed E-state index contributed by atoms with van der Waals surface area (Å²) >= 11 is 0. The Morgan fingerprint density at radius 2 is 2.23 bits per heavy atom. The molecule has 2 heterocycles. The molecule has 0 spiro atoms. The van der Waals surface area contributed by atoms with Crippen LogP contribution in [0.2, 0.25) is 0 Å². The minimum Gasteiger partial charge on any atom is -0.461 e. The van der Waals surface area contributed by atoms with Crippen LogP contribution in [0.1, 0.15) is 29.1 Å². The zero-order chi connectivity index (χ0) is 18.1. The number of furan rings is 1. The number of nitrogens with one attached hydrogen (secondary N) is 2. The molecule has 7 nitrogen and oxygen atoms in total. The fourth-order valence-corrected chi connectivity index (χ4v) is 3.72. The third kappa shape index (κ3) is 3.16. The molecule has 1 aliphatic rings. The third-order valence-corrected chi connectivity index (χ3v) is 5.09. The van der Waals surface area contributed by atoms with Gasteiger partial charge in [0.05, 0.1) is 11.4 Å². The maximum absolute atomic E-state index is 12.2. The molecule has 0 radical (unpaired) electrons. The van der Waals surface area contributed by atoms with E-state index in [9.17, 15) is 4.79 Å². The van der Waals surface area contributed by atoms with E-state index < -0.39 is 0 Å². The maximum atomic E-state index is 12.2. The molecule has 0 aliphatic heterocycles. The summed E-state index contributed by atoms with van der Waals surface area (Å²) in [6.45, 7) is 2.54. The normalized spacial score (nSPS) is 16.5. The number of aromatic nitrogens is 3. The van der Waals surface area contributed by atoms with E-state index >= 15 is 0 Å². The van der Waals surface area contributed by atoms with Gasteiger partial charge in [-0.05, 0) is 32.3 Å². The van der Waals surface area contributed by atoms with Crippen molar-refractivity contribution >= 4 is 17.0 Å². The molecular weight excluding hydrogens is 330 g/mol. The molecule has 3 aromatic rings. The van der Waals surface area contributed by atoms with E-state index in [2.05, 4.69) is 27.0 Å². The molecular formula is C19H23N5O2. The molecule has 2 N–H and O–H groups in total. The number of benzene rings is 1. The van der Waals surface area contributed by atoms with Gasteiger partial charge in [-0.15, -0.1) is 5.10 Å². The fourth-order valence-electron chi connectivity index (χ4n) is 3.72. The highest BCUT2D eigenvalue weighted by atomic mass is 16.3. The lowest BCUT2D eigenvalue weighted by Gasteiger charge is -2.22. The number of rotatable bonds is 4. The van der Waals surface area contributed by atoms with Crippen molar-refractivity contribution in [2.75, 3.05) is 6.54 Å². The Morgan fingerprint density at radius 1 is 1.38 bits per heavy atom. The molecule has 0 saturated carbocycles. The van der Waals surface area contributed by atoms with Gasteiger partial charge in [-0.25, -0.2) is 4.79 Å². The number of urea groups is 1. The molecule has 1 aliphatic carbocycles. The predicted molar refractivity (Wildman–Crippen MR) is 98.0 cm³/mol. The molecule has 26 heavy (non-hydrogen) atoms. The van der Waals surface area contributed by atoms with Crippen molar-refractivity contribution in [1.29, 1.82) is 0 Å². The number of fused-ring (bicyclic) bond motifs is 2. The van der Waals surface area contributed by atoms with Crippen molar-refractivity contribution in [3.05, 3.63) is 47.0 Å². The Balaban J connectivity index is 1.30. The van der Waals surface area contributed by atoms with E-state index in [4.69, 9.17) is 4.42 Å². The van der Waals surface area contributed by atoms with Crippen LogP contribution in [0, 0.1) is 6.92 Å². The lowest BCUT2D eigenvalue weighted by atomic mass is 9.96. The molecule has 0 bridgehead atoms. The zero-order valence-electron chi connectivity index (χ0n) is 15.1. The molecule has 1 aromatic carbocycles. The first-order valence-corrected chi connectivity index (χ1v) is 9.00. The van der Waals surface area contributed by atoms with Crippen molar-refractivity contribution < 1.29 is 9.21 Å². The molecule has 2 aromatic heterocycles. The van der Waals surface area contributed by atoms with E-state index in [-0.39, 0.29) is 12.1 Å². The van der Waals surface area contributed by atoms with Crippen molar-refractivity contribution in [2.45, 2.75) is 38.6 Å². The van der Waals surface area contributed by atoms with E-state index in [0.29, 0.717) is 6.54 Å². The van der Waals surface area contributed by atoms with Gasteiger partial charge in [0.25, 0.3) is 0 Å². The predicted octanol–water partition coefficient (Wildman–Crippen LogP) is 2.27. The monoisotopic (exact) mass is 353 g/mol. The average Bonchev–Trinajstić information content (AvgIpc) is 3.15. The Hall–Kier alpha value is -2.83. The van der Waals surface area contributed by atoms with Crippen LogP contribution >= 0.6 is 0 Å². The Morgan fingerprint density at radius 3 is 3.12 bits per heavy atom. The smallest absolute Gasteiger partial charge is 0.315 e. The summed E-state index contributed by atoms with van der Waals surface area (Å²) < 4.78 is 7.59. The molecule has 2 amide bonds. The van der Waals surface area contributed by atoms with E-state index in [1.165, 1.54) is 5.69 Å². The topological polar surface area (TPSA) is 85.0 Å². The van der Waals surface area contributed by atoms with Crippen LogP contribution in [-0.4, -0.2) is 33.6 Å². The van der Waals surface area contributed by atoms with E-state index in [1.54, 1.807) is 0 Å². The summed E-state index contributed by atoms with van der Waals surface area (Å²) in [6.07, 6.45) is 3.29. The summed E-state index contributed by atoms with van der Waals surface area (Å²) in [5.74, 6) is 0.913. The highest BCUT2D eigenvalue weighted by Gasteiger charge is 2.24. The number of carbonyl (C=O) groups excluding carboxylic acids is 1. The molecule has 136 valence electrons. The fraction of sp³-hybridized carbons (Fsp3) is 0.421. The summed E-state index contributed by atoms with van der Waals surface area (Å²) in [4.78, 5) is 12.2. The molecule has 7 heteroatoms. The van der Waals surface area contributed by atoms with Crippen LogP contribution in [0.4, 0.5) is 4.79 Å². The standard InChI is InChI=1S/C19H23N5O2/c1-12-14(15-5-3-4-6-18(15)26-12)9-10-20-19(25)21-13-7-8-17-16(11-13)22-23-24(17)2/h3-6,13H,7-11H2,1-2H3,(H2,20,21,25). The van der Waals surface area contributed by atoms with Crippen molar-refractivity contribution in [2.24, 2.45) is 7.05 Å². The molecule has 1 unspecified atom stereocenters. The van der Waals surface area contributed by atoms with Crippen LogP contribution in [0.3, 0.4) is 0 Å². The van der Waals surface area contributed by atoms with Gasteiger partial charge in [0.2, 0.25) is 0 Å². The van der Waals surface area contributed by atoms with Crippen LogP contribution in [0.5, 0.6) is 0 Å². The lowest BCUT2D eigenvalue weighted by molar-refractivity contribution is 0.235. The number of amides is 2. The quantitative estimate of drug-likeness (QED) is 0.753. The number of hydrogen-bond acceptors (Lipinski definition) is 4. The number of aryl methyl sites for hydroxylation is 2. The van der Waals surface area contributed by atoms with Gasteiger partial charge in [0.15, 0.2) is 0 Å².